The summed E-state index contributed by atoms with van der Waals surface area (Å²) in [6, 6.07) is 8.34. The summed E-state index contributed by atoms with van der Waals surface area (Å²) in [6.45, 7) is 0.762. The van der Waals surface area contributed by atoms with Gasteiger partial charge in [-0.15, -0.1) is 24.0 Å². The fourth-order valence-electron chi connectivity index (χ4n) is 2.16. The third-order valence-corrected chi connectivity index (χ3v) is 3.43. The summed E-state index contributed by atoms with van der Waals surface area (Å²) in [6.07, 6.45) is 0.214. The van der Waals surface area contributed by atoms with Gasteiger partial charge in [0.2, 0.25) is 0 Å². The third kappa shape index (κ3) is 9.50. The molecule has 2 N–H and O–H groups in total. The maximum Gasteiger partial charge on any atom is 0.422 e. The average molecular weight is 497 g/mol. The zero-order valence-electron chi connectivity index (χ0n) is 14.9. The van der Waals surface area contributed by atoms with Crippen molar-refractivity contribution in [3.05, 3.63) is 48.3 Å². The lowest BCUT2D eigenvalue weighted by Gasteiger charge is -2.13. The van der Waals surface area contributed by atoms with Gasteiger partial charge in [0, 0.05) is 39.1 Å². The fourth-order valence-corrected chi connectivity index (χ4v) is 2.16. The van der Waals surface area contributed by atoms with Crippen molar-refractivity contribution in [1.82, 2.24) is 20.4 Å². The summed E-state index contributed by atoms with van der Waals surface area (Å²) in [4.78, 5) is 4.13. The van der Waals surface area contributed by atoms with Crippen LogP contribution in [0.15, 0.2) is 47.7 Å². The molecule has 0 saturated carbocycles. The van der Waals surface area contributed by atoms with Gasteiger partial charge in [0.15, 0.2) is 12.6 Å². The van der Waals surface area contributed by atoms with Crippen LogP contribution in [0.4, 0.5) is 13.2 Å². The Kier molecular flexibility index (Phi) is 9.97. The monoisotopic (exact) mass is 497 g/mol. The lowest BCUT2D eigenvalue weighted by atomic mass is 10.2. The first kappa shape index (κ1) is 23.1. The van der Waals surface area contributed by atoms with Crippen molar-refractivity contribution >= 4 is 29.9 Å². The van der Waals surface area contributed by atoms with Gasteiger partial charge in [-0.3, -0.25) is 9.67 Å². The molecule has 0 amide bonds. The van der Waals surface area contributed by atoms with Gasteiger partial charge in [0.25, 0.3) is 0 Å². The van der Waals surface area contributed by atoms with Crippen molar-refractivity contribution in [3.8, 4) is 5.75 Å². The number of rotatable bonds is 8. The molecular weight excluding hydrogens is 474 g/mol. The van der Waals surface area contributed by atoms with Crippen LogP contribution in [0.2, 0.25) is 0 Å². The molecule has 2 rings (SSSR count). The number of guanidine groups is 1. The largest absolute Gasteiger partial charge is 0.484 e. The highest BCUT2D eigenvalue weighted by Gasteiger charge is 2.28. The number of aromatic nitrogens is 2. The Balaban J connectivity index is 0.00000364. The maximum absolute atomic E-state index is 12.1. The molecule has 1 aromatic heterocycles. The van der Waals surface area contributed by atoms with E-state index < -0.39 is 12.8 Å². The summed E-state index contributed by atoms with van der Waals surface area (Å²) >= 11 is 0. The number of ether oxygens (including phenoxy) is 1. The van der Waals surface area contributed by atoms with Gasteiger partial charge < -0.3 is 15.4 Å². The van der Waals surface area contributed by atoms with Gasteiger partial charge in [0.05, 0.1) is 0 Å². The molecule has 150 valence electrons. The van der Waals surface area contributed by atoms with Crippen molar-refractivity contribution in [2.45, 2.75) is 25.7 Å². The van der Waals surface area contributed by atoms with Gasteiger partial charge in [-0.25, -0.2) is 0 Å². The second-order valence-corrected chi connectivity index (χ2v) is 5.52. The molecule has 27 heavy (non-hydrogen) atoms. The quantitative estimate of drug-likeness (QED) is 0.255. The van der Waals surface area contributed by atoms with E-state index in [0.717, 1.165) is 25.1 Å². The molecule has 0 aliphatic rings. The van der Waals surface area contributed by atoms with Crippen LogP contribution in [0.5, 0.6) is 5.75 Å². The van der Waals surface area contributed by atoms with E-state index in [-0.39, 0.29) is 29.7 Å². The molecule has 0 aliphatic carbocycles. The predicted molar refractivity (Wildman–Crippen MR) is 108 cm³/mol. The van der Waals surface area contributed by atoms with Crippen LogP contribution >= 0.6 is 24.0 Å². The number of aliphatic imine (C=N–C) groups is 1. The van der Waals surface area contributed by atoms with Crippen molar-refractivity contribution in [2.75, 3.05) is 20.2 Å². The Labute approximate surface area is 173 Å². The zero-order chi connectivity index (χ0) is 18.8. The van der Waals surface area contributed by atoms with Gasteiger partial charge in [-0.1, -0.05) is 12.1 Å². The standard InChI is InChI=1S/C17H22F3N5O.HI/c1-21-16(22-8-2-10-25-11-3-9-24-25)23-12-14-4-6-15(7-5-14)26-13-17(18,19)20;/h3-7,9,11H,2,8,10,12-13H2,1H3,(H2,21,22,23);1H. The van der Waals surface area contributed by atoms with Crippen molar-refractivity contribution in [2.24, 2.45) is 4.99 Å². The van der Waals surface area contributed by atoms with Gasteiger partial charge in [-0.2, -0.15) is 18.3 Å². The van der Waals surface area contributed by atoms with E-state index >= 15 is 0 Å². The van der Waals surface area contributed by atoms with Crippen molar-refractivity contribution in [1.29, 1.82) is 0 Å². The van der Waals surface area contributed by atoms with Gasteiger partial charge in [0.1, 0.15) is 5.75 Å². The van der Waals surface area contributed by atoms with Crippen LogP contribution in [-0.2, 0) is 13.1 Å². The molecule has 2 aromatic rings. The zero-order valence-corrected chi connectivity index (χ0v) is 17.2. The minimum Gasteiger partial charge on any atom is -0.484 e. The van der Waals surface area contributed by atoms with Crippen LogP contribution in [-0.4, -0.2) is 42.1 Å². The molecule has 0 aliphatic heterocycles. The lowest BCUT2D eigenvalue weighted by molar-refractivity contribution is -0.153. The van der Waals surface area contributed by atoms with E-state index in [4.69, 9.17) is 0 Å². The Morgan fingerprint density at radius 1 is 1.22 bits per heavy atom. The molecular formula is C17H23F3IN5O. The van der Waals surface area contributed by atoms with Crippen LogP contribution in [0, 0.1) is 0 Å². The number of benzene rings is 1. The lowest BCUT2D eigenvalue weighted by Crippen LogP contribution is -2.37. The third-order valence-electron chi connectivity index (χ3n) is 3.43. The van der Waals surface area contributed by atoms with E-state index in [9.17, 15) is 13.2 Å². The first-order valence-corrected chi connectivity index (χ1v) is 8.17. The van der Waals surface area contributed by atoms with E-state index in [0.29, 0.717) is 12.5 Å². The van der Waals surface area contributed by atoms with Gasteiger partial charge in [-0.05, 0) is 30.2 Å². The van der Waals surface area contributed by atoms with Crippen LogP contribution < -0.4 is 15.4 Å². The second-order valence-electron chi connectivity index (χ2n) is 5.52. The molecule has 0 bridgehead atoms. The van der Waals surface area contributed by atoms with E-state index in [1.54, 1.807) is 25.4 Å². The Morgan fingerprint density at radius 3 is 2.56 bits per heavy atom. The minimum atomic E-state index is -4.34. The Morgan fingerprint density at radius 2 is 1.96 bits per heavy atom. The molecule has 1 heterocycles. The number of nitrogens with zero attached hydrogens (tertiary/aromatic N) is 3. The van der Waals surface area contributed by atoms with Crippen molar-refractivity contribution in [3.63, 3.8) is 0 Å². The van der Waals surface area contributed by atoms with E-state index in [2.05, 4.69) is 25.5 Å². The number of hydrogen-bond acceptors (Lipinski definition) is 3. The van der Waals surface area contributed by atoms with Crippen molar-refractivity contribution < 1.29 is 17.9 Å². The summed E-state index contributed by atoms with van der Waals surface area (Å²) in [5.74, 6) is 0.843. The Bertz CT molecular complexity index is 675. The van der Waals surface area contributed by atoms with Gasteiger partial charge >= 0.3 is 6.18 Å². The fraction of sp³-hybridized carbons (Fsp3) is 0.412. The number of alkyl halides is 3. The SMILES string of the molecule is CN=C(NCCCn1cccn1)NCc1ccc(OCC(F)(F)F)cc1.I. The topological polar surface area (TPSA) is 63.5 Å². The molecule has 0 fully saturated rings. The molecule has 0 spiro atoms. The molecule has 6 nitrogen and oxygen atoms in total. The minimum absolute atomic E-state index is 0. The normalized spacial score (nSPS) is 11.6. The average Bonchev–Trinajstić information content (AvgIpc) is 3.13. The van der Waals surface area contributed by atoms with E-state index in [1.807, 2.05) is 16.9 Å². The molecule has 0 radical (unpaired) electrons. The smallest absolute Gasteiger partial charge is 0.422 e. The summed E-state index contributed by atoms with van der Waals surface area (Å²) in [7, 11) is 1.68. The second kappa shape index (κ2) is 11.7. The summed E-state index contributed by atoms with van der Waals surface area (Å²) in [5.41, 5.74) is 0.906. The predicted octanol–water partition coefficient (Wildman–Crippen LogP) is 3.20. The molecule has 0 saturated heterocycles. The van der Waals surface area contributed by atoms with E-state index in [1.165, 1.54) is 12.1 Å². The number of halogens is 4. The summed E-state index contributed by atoms with van der Waals surface area (Å²) in [5, 5.41) is 10.5. The number of hydrogen-bond donors (Lipinski definition) is 2. The molecule has 0 atom stereocenters. The van der Waals surface area contributed by atoms with Crippen LogP contribution in [0.1, 0.15) is 12.0 Å². The highest BCUT2D eigenvalue weighted by molar-refractivity contribution is 14.0. The first-order valence-electron chi connectivity index (χ1n) is 8.17. The van der Waals surface area contributed by atoms with Crippen LogP contribution in [0.3, 0.4) is 0 Å². The number of nitrogens with one attached hydrogen (secondary N) is 2. The molecule has 1 aromatic carbocycles. The maximum atomic E-state index is 12.1. The Hall–Kier alpha value is -1.98. The molecule has 10 heteroatoms. The molecule has 0 unspecified atom stereocenters. The number of aryl methyl sites for hydroxylation is 1. The first-order chi connectivity index (χ1) is 12.5. The highest BCUT2D eigenvalue weighted by atomic mass is 127. The summed E-state index contributed by atoms with van der Waals surface area (Å²) < 4.78 is 42.9. The van der Waals surface area contributed by atoms with Crippen LogP contribution in [0.25, 0.3) is 0 Å². The highest BCUT2D eigenvalue weighted by Crippen LogP contribution is 2.18.